The van der Waals surface area contributed by atoms with Crippen molar-refractivity contribution in [3.63, 3.8) is 0 Å². The average Bonchev–Trinajstić information content (AvgIpc) is 2.05. The molecule has 0 bridgehead atoms. The number of anilines is 1. The third-order valence-corrected chi connectivity index (χ3v) is 2.13. The van der Waals surface area contributed by atoms with Gasteiger partial charge in [0.1, 0.15) is 0 Å². The molecule has 0 saturated heterocycles. The molecule has 1 rings (SSSR count). The first-order valence-corrected chi connectivity index (χ1v) is 4.16. The molecule has 1 aromatic carbocycles. The van der Waals surface area contributed by atoms with Gasteiger partial charge in [-0.2, -0.15) is 0 Å². The molecular weight excluding hydrogens is 158 g/mol. The zero-order chi connectivity index (χ0) is 8.43. The van der Waals surface area contributed by atoms with Crippen LogP contribution in [0.15, 0.2) is 10.9 Å². The van der Waals surface area contributed by atoms with Gasteiger partial charge in [-0.3, -0.25) is 4.79 Å². The zero-order valence-corrected chi connectivity index (χ0v) is 7.57. The predicted octanol–water partition coefficient (Wildman–Crippen LogP) is 1.50. The predicted molar refractivity (Wildman–Crippen MR) is 49.5 cm³/mol. The van der Waals surface area contributed by atoms with Gasteiger partial charge in [0.05, 0.1) is 10.2 Å². The minimum absolute atomic E-state index is 0.0312. The van der Waals surface area contributed by atoms with E-state index in [2.05, 4.69) is 0 Å². The van der Waals surface area contributed by atoms with Crippen LogP contribution in [0.2, 0.25) is 0 Å². The molecule has 0 radical (unpaired) electrons. The van der Waals surface area contributed by atoms with Crippen molar-refractivity contribution in [2.24, 2.45) is 0 Å². The Bertz CT molecular complexity index is 307. The Labute approximate surface area is 71.2 Å². The lowest BCUT2D eigenvalue weighted by Crippen LogP contribution is -2.29. The van der Waals surface area contributed by atoms with Gasteiger partial charge in [-0.1, -0.05) is 12.2 Å². The first kappa shape index (κ1) is 8.40. The maximum atomic E-state index is 11.1. The van der Waals surface area contributed by atoms with Crippen LogP contribution in [-0.2, 0) is 0 Å². The topological polar surface area (TPSA) is 20.3 Å². The van der Waals surface area contributed by atoms with Crippen LogP contribution in [0.3, 0.4) is 0 Å². The second-order valence-electron chi connectivity index (χ2n) is 2.40. The van der Waals surface area contributed by atoms with Crippen LogP contribution < -0.4 is 10.3 Å². The van der Waals surface area contributed by atoms with E-state index in [1.54, 1.807) is 6.07 Å². The summed E-state index contributed by atoms with van der Waals surface area (Å²) >= 11 is 4.75. The van der Waals surface area contributed by atoms with Gasteiger partial charge in [0.25, 0.3) is 0 Å². The van der Waals surface area contributed by atoms with Gasteiger partial charge >= 0.3 is 0 Å². The van der Waals surface area contributed by atoms with Crippen LogP contribution in [0.1, 0.15) is 13.8 Å². The first-order valence-electron chi connectivity index (χ1n) is 3.76. The number of rotatable bonds is 3. The summed E-state index contributed by atoms with van der Waals surface area (Å²) in [4.78, 5) is 13.1. The highest BCUT2D eigenvalue weighted by Crippen LogP contribution is 2.10. The summed E-state index contributed by atoms with van der Waals surface area (Å²) in [6.07, 6.45) is 0. The molecule has 1 aromatic rings. The van der Waals surface area contributed by atoms with Crippen molar-refractivity contribution >= 4 is 17.9 Å². The SMILES string of the molecule is CCN(CC)c1cc(=S)c1=O. The monoisotopic (exact) mass is 169 g/mol. The molecule has 0 atom stereocenters. The van der Waals surface area contributed by atoms with Gasteiger partial charge in [0.2, 0.25) is 5.43 Å². The van der Waals surface area contributed by atoms with E-state index in [0.717, 1.165) is 18.8 Å². The molecule has 0 unspecified atom stereocenters. The Hall–Kier alpha value is -0.700. The second-order valence-corrected chi connectivity index (χ2v) is 2.84. The minimum atomic E-state index is 0.0312. The summed E-state index contributed by atoms with van der Waals surface area (Å²) in [6.45, 7) is 5.80. The lowest BCUT2D eigenvalue weighted by Gasteiger charge is -2.21. The Balaban J connectivity index is 2.87. The average molecular weight is 169 g/mol. The third-order valence-electron chi connectivity index (χ3n) is 1.83. The molecule has 60 valence electrons. The highest BCUT2D eigenvalue weighted by Gasteiger charge is 2.10. The standard InChI is InChI=1S/C8H11NOS/c1-3-9(4-2)6-5-7(11)8(6)10/h5H,3-4H2,1-2H3. The Kier molecular flexibility index (Phi) is 2.39. The zero-order valence-electron chi connectivity index (χ0n) is 6.76. The van der Waals surface area contributed by atoms with Crippen LogP contribution in [-0.4, -0.2) is 13.1 Å². The van der Waals surface area contributed by atoms with E-state index in [0.29, 0.717) is 4.51 Å². The number of hydrogen-bond acceptors (Lipinski definition) is 3. The fourth-order valence-corrected chi connectivity index (χ4v) is 1.32. The van der Waals surface area contributed by atoms with Crippen molar-refractivity contribution in [3.05, 3.63) is 20.8 Å². The van der Waals surface area contributed by atoms with Gasteiger partial charge in [0, 0.05) is 13.1 Å². The lowest BCUT2D eigenvalue weighted by molar-refractivity contribution is 0.857. The molecule has 11 heavy (non-hydrogen) atoms. The van der Waals surface area contributed by atoms with Crippen LogP contribution in [0, 0.1) is 4.51 Å². The van der Waals surface area contributed by atoms with Gasteiger partial charge in [0.15, 0.2) is 0 Å². The summed E-state index contributed by atoms with van der Waals surface area (Å²) < 4.78 is 0.465. The van der Waals surface area contributed by atoms with E-state index in [9.17, 15) is 4.79 Å². The van der Waals surface area contributed by atoms with Gasteiger partial charge in [-0.05, 0) is 19.9 Å². The van der Waals surface area contributed by atoms with Crippen LogP contribution in [0.25, 0.3) is 0 Å². The third kappa shape index (κ3) is 1.33. The van der Waals surface area contributed by atoms with E-state index in [-0.39, 0.29) is 5.43 Å². The van der Waals surface area contributed by atoms with Gasteiger partial charge < -0.3 is 4.90 Å². The smallest absolute Gasteiger partial charge is 0.219 e. The molecule has 2 nitrogen and oxygen atoms in total. The largest absolute Gasteiger partial charge is 0.369 e. The Morgan fingerprint density at radius 2 is 2.00 bits per heavy atom. The van der Waals surface area contributed by atoms with E-state index < -0.39 is 0 Å². The van der Waals surface area contributed by atoms with Crippen molar-refractivity contribution < 1.29 is 0 Å². The molecular formula is C8H11NOS. The normalized spacial score (nSPS) is 10.4. The summed E-state index contributed by atoms with van der Waals surface area (Å²) in [5.41, 5.74) is 0.809. The molecule has 0 heterocycles. The van der Waals surface area contributed by atoms with Crippen LogP contribution in [0.4, 0.5) is 5.69 Å². The molecule has 3 heteroatoms. The Morgan fingerprint density at radius 3 is 2.27 bits per heavy atom. The lowest BCUT2D eigenvalue weighted by atomic mass is 10.2. The summed E-state index contributed by atoms with van der Waals surface area (Å²) in [7, 11) is 0. The summed E-state index contributed by atoms with van der Waals surface area (Å²) in [5.74, 6) is 0. The fourth-order valence-electron chi connectivity index (χ4n) is 1.10. The van der Waals surface area contributed by atoms with E-state index >= 15 is 0 Å². The molecule has 0 aromatic heterocycles. The number of hydrogen-bond donors (Lipinski definition) is 0. The Morgan fingerprint density at radius 1 is 1.45 bits per heavy atom. The molecule has 0 amide bonds. The highest BCUT2D eigenvalue weighted by molar-refractivity contribution is 7.71. The highest BCUT2D eigenvalue weighted by atomic mass is 32.1. The molecule has 0 fully saturated rings. The van der Waals surface area contributed by atoms with Crippen molar-refractivity contribution in [2.75, 3.05) is 18.0 Å². The van der Waals surface area contributed by atoms with Crippen LogP contribution >= 0.6 is 12.2 Å². The number of nitrogens with zero attached hydrogens (tertiary/aromatic N) is 1. The van der Waals surface area contributed by atoms with Crippen molar-refractivity contribution in [3.8, 4) is 0 Å². The maximum Gasteiger partial charge on any atom is 0.219 e. The quantitative estimate of drug-likeness (QED) is 0.639. The summed E-state index contributed by atoms with van der Waals surface area (Å²) in [6, 6.07) is 1.77. The van der Waals surface area contributed by atoms with E-state index in [1.165, 1.54) is 0 Å². The molecule has 0 spiro atoms. The minimum Gasteiger partial charge on any atom is -0.369 e. The summed E-state index contributed by atoms with van der Waals surface area (Å²) in [5, 5.41) is 0. The van der Waals surface area contributed by atoms with Crippen LogP contribution in [0.5, 0.6) is 0 Å². The second kappa shape index (κ2) is 3.13. The molecule has 0 aliphatic rings. The van der Waals surface area contributed by atoms with E-state index in [4.69, 9.17) is 12.2 Å². The fraction of sp³-hybridized carbons (Fsp3) is 0.500. The molecule has 0 saturated carbocycles. The van der Waals surface area contributed by atoms with Crippen molar-refractivity contribution in [1.82, 2.24) is 0 Å². The maximum absolute atomic E-state index is 11.1. The van der Waals surface area contributed by atoms with Gasteiger partial charge in [-0.15, -0.1) is 0 Å². The van der Waals surface area contributed by atoms with Crippen molar-refractivity contribution in [1.29, 1.82) is 0 Å². The van der Waals surface area contributed by atoms with Gasteiger partial charge in [-0.25, -0.2) is 0 Å². The molecule has 0 aliphatic carbocycles. The molecule has 0 N–H and O–H groups in total. The van der Waals surface area contributed by atoms with E-state index in [1.807, 2.05) is 18.7 Å². The van der Waals surface area contributed by atoms with Crippen molar-refractivity contribution in [2.45, 2.75) is 13.8 Å². The first-order chi connectivity index (χ1) is 5.20. The molecule has 0 aliphatic heterocycles.